The van der Waals surface area contributed by atoms with E-state index < -0.39 is 0 Å². The molecule has 1 aliphatic rings. The van der Waals surface area contributed by atoms with Crippen LogP contribution in [0.1, 0.15) is 18.1 Å². The van der Waals surface area contributed by atoms with Crippen molar-refractivity contribution >= 4 is 29.3 Å². The van der Waals surface area contributed by atoms with Gasteiger partial charge in [0.05, 0.1) is 27.0 Å². The fourth-order valence-electron chi connectivity index (χ4n) is 2.74. The first-order chi connectivity index (χ1) is 12.6. The molecule has 8 heteroatoms. The summed E-state index contributed by atoms with van der Waals surface area (Å²) in [7, 11) is 3.13. The van der Waals surface area contributed by atoms with Crippen molar-refractivity contribution in [1.82, 2.24) is 20.0 Å². The molecule has 1 aliphatic heterocycles. The number of carbonyl (C=O) groups excluding carboxylic acids is 1. The lowest BCUT2D eigenvalue weighted by Crippen LogP contribution is -2.29. The molecule has 136 valence electrons. The molecule has 1 aromatic heterocycles. The minimum Gasteiger partial charge on any atom is -0.493 e. The normalized spacial score (nSPS) is 15.5. The smallest absolute Gasteiger partial charge is 0.276 e. The van der Waals surface area contributed by atoms with Crippen molar-refractivity contribution in [3.8, 4) is 11.5 Å². The number of carbonyl (C=O) groups is 1. The summed E-state index contributed by atoms with van der Waals surface area (Å²) < 4.78 is 12.5. The van der Waals surface area contributed by atoms with Crippen LogP contribution in [-0.2, 0) is 17.9 Å². The Morgan fingerprint density at radius 3 is 2.77 bits per heavy atom. The molecule has 1 saturated heterocycles. The highest BCUT2D eigenvalue weighted by Gasteiger charge is 2.31. The molecule has 2 heterocycles. The Hall–Kier alpha value is -2.87. The Labute approximate surface area is 157 Å². The molecule has 1 fully saturated rings. The van der Waals surface area contributed by atoms with E-state index in [0.717, 1.165) is 17.7 Å². The van der Waals surface area contributed by atoms with Gasteiger partial charge < -0.3 is 14.8 Å². The summed E-state index contributed by atoms with van der Waals surface area (Å²) in [5.74, 6) is 0.966. The summed E-state index contributed by atoms with van der Waals surface area (Å²) >= 11 is 5.33. The summed E-state index contributed by atoms with van der Waals surface area (Å²) in [5.41, 5.74) is 2.04. The predicted molar refractivity (Wildman–Crippen MR) is 102 cm³/mol. The van der Waals surface area contributed by atoms with Crippen LogP contribution in [0.5, 0.6) is 11.5 Å². The minimum atomic E-state index is -0.191. The number of ether oxygens (including phenoxy) is 2. The zero-order chi connectivity index (χ0) is 18.7. The van der Waals surface area contributed by atoms with E-state index in [4.69, 9.17) is 21.7 Å². The van der Waals surface area contributed by atoms with Gasteiger partial charge in [-0.3, -0.25) is 14.4 Å². The second-order valence-electron chi connectivity index (χ2n) is 5.67. The molecule has 0 atom stereocenters. The van der Waals surface area contributed by atoms with Crippen molar-refractivity contribution in [1.29, 1.82) is 0 Å². The highest BCUT2D eigenvalue weighted by Crippen LogP contribution is 2.32. The number of aryl methyl sites for hydroxylation is 1. The van der Waals surface area contributed by atoms with E-state index in [2.05, 4.69) is 10.4 Å². The molecule has 1 amide bonds. The van der Waals surface area contributed by atoms with Gasteiger partial charge in [0.15, 0.2) is 16.6 Å². The second kappa shape index (κ2) is 7.57. The number of rotatable bonds is 6. The quantitative estimate of drug-likeness (QED) is 0.619. The lowest BCUT2D eigenvalue weighted by Gasteiger charge is -2.12. The van der Waals surface area contributed by atoms with Gasteiger partial charge in [0.2, 0.25) is 0 Å². The Morgan fingerprint density at radius 2 is 2.12 bits per heavy atom. The number of nitrogens with zero attached hydrogens (tertiary/aromatic N) is 3. The molecule has 1 N–H and O–H groups in total. The molecule has 7 nitrogen and oxygen atoms in total. The van der Waals surface area contributed by atoms with Crippen LogP contribution in [0.2, 0.25) is 0 Å². The SMILES string of the molecule is CCn1cc(CN2C(=O)/C(=C\c3cccc(OC)c3OC)NC2=S)cn1. The number of hydrogen-bond acceptors (Lipinski definition) is 5. The van der Waals surface area contributed by atoms with E-state index >= 15 is 0 Å². The van der Waals surface area contributed by atoms with Crippen LogP contribution in [0.25, 0.3) is 6.08 Å². The first kappa shape index (κ1) is 17.9. The summed E-state index contributed by atoms with van der Waals surface area (Å²) in [6.45, 7) is 3.15. The Morgan fingerprint density at radius 1 is 1.31 bits per heavy atom. The fraction of sp³-hybridized carbons (Fsp3) is 0.278. The molecular weight excluding hydrogens is 352 g/mol. The first-order valence-electron chi connectivity index (χ1n) is 8.14. The van der Waals surface area contributed by atoms with E-state index in [1.807, 2.05) is 29.9 Å². The third kappa shape index (κ3) is 3.41. The molecule has 0 saturated carbocycles. The number of nitrogens with one attached hydrogen (secondary N) is 1. The summed E-state index contributed by atoms with van der Waals surface area (Å²) in [6, 6.07) is 5.48. The van der Waals surface area contributed by atoms with E-state index in [1.54, 1.807) is 32.6 Å². The molecule has 3 rings (SSSR count). The number of hydrogen-bond donors (Lipinski definition) is 1. The van der Waals surface area contributed by atoms with Crippen LogP contribution in [0, 0.1) is 0 Å². The van der Waals surface area contributed by atoms with Gasteiger partial charge in [-0.05, 0) is 31.3 Å². The number of aromatic nitrogens is 2. The van der Waals surface area contributed by atoms with Gasteiger partial charge in [-0.2, -0.15) is 5.10 Å². The summed E-state index contributed by atoms with van der Waals surface area (Å²) in [5, 5.41) is 7.57. The molecule has 0 spiro atoms. The predicted octanol–water partition coefficient (Wildman–Crippen LogP) is 2.18. The van der Waals surface area contributed by atoms with Gasteiger partial charge in [0.1, 0.15) is 5.70 Å². The van der Waals surface area contributed by atoms with Crippen LogP contribution in [0.3, 0.4) is 0 Å². The number of thiocarbonyl (C=S) groups is 1. The van der Waals surface area contributed by atoms with Crippen LogP contribution in [0.15, 0.2) is 36.3 Å². The van der Waals surface area contributed by atoms with Crippen LogP contribution < -0.4 is 14.8 Å². The maximum Gasteiger partial charge on any atom is 0.276 e. The molecule has 26 heavy (non-hydrogen) atoms. The van der Waals surface area contributed by atoms with Crippen molar-refractivity contribution in [3.05, 3.63) is 47.4 Å². The Bertz CT molecular complexity index is 875. The topological polar surface area (TPSA) is 68.6 Å². The molecule has 0 aliphatic carbocycles. The van der Waals surface area contributed by atoms with Crippen molar-refractivity contribution < 1.29 is 14.3 Å². The highest BCUT2D eigenvalue weighted by molar-refractivity contribution is 7.80. The Kier molecular flexibility index (Phi) is 5.22. The number of methoxy groups -OCH3 is 2. The van der Waals surface area contributed by atoms with Crippen molar-refractivity contribution in [2.24, 2.45) is 0 Å². The van der Waals surface area contributed by atoms with Crippen molar-refractivity contribution in [2.75, 3.05) is 14.2 Å². The minimum absolute atomic E-state index is 0.191. The fourth-order valence-corrected chi connectivity index (χ4v) is 3.00. The zero-order valence-electron chi connectivity index (χ0n) is 14.9. The van der Waals surface area contributed by atoms with Crippen molar-refractivity contribution in [2.45, 2.75) is 20.0 Å². The zero-order valence-corrected chi connectivity index (χ0v) is 15.7. The largest absolute Gasteiger partial charge is 0.493 e. The van der Waals surface area contributed by atoms with E-state index in [1.165, 1.54) is 4.90 Å². The summed E-state index contributed by atoms with van der Waals surface area (Å²) in [4.78, 5) is 14.3. The standard InChI is InChI=1S/C18H20N4O3S/c1-4-21-10-12(9-19-21)11-22-17(23)14(20-18(22)26)8-13-6-5-7-15(24-2)16(13)25-3/h5-10H,4,11H2,1-3H3,(H,20,26)/b14-8+. The highest BCUT2D eigenvalue weighted by atomic mass is 32.1. The van der Waals surface area contributed by atoms with Gasteiger partial charge in [-0.25, -0.2) is 0 Å². The van der Waals surface area contributed by atoms with Crippen molar-refractivity contribution in [3.63, 3.8) is 0 Å². The molecule has 0 unspecified atom stereocenters. The lowest BCUT2D eigenvalue weighted by molar-refractivity contribution is -0.122. The third-order valence-electron chi connectivity index (χ3n) is 4.05. The first-order valence-corrected chi connectivity index (χ1v) is 8.55. The molecule has 0 bridgehead atoms. The molecule has 0 radical (unpaired) electrons. The van der Waals surface area contributed by atoms with Gasteiger partial charge >= 0.3 is 0 Å². The van der Waals surface area contributed by atoms with E-state index in [0.29, 0.717) is 28.9 Å². The second-order valence-corrected chi connectivity index (χ2v) is 6.05. The number of amides is 1. The molecule has 1 aromatic carbocycles. The molecular formula is C18H20N4O3S. The number of benzene rings is 1. The van der Waals surface area contributed by atoms with Crippen LogP contribution in [0.4, 0.5) is 0 Å². The molecule has 2 aromatic rings. The average Bonchev–Trinajstić information content (AvgIpc) is 3.21. The Balaban J connectivity index is 1.85. The van der Waals surface area contributed by atoms with E-state index in [-0.39, 0.29) is 5.91 Å². The van der Waals surface area contributed by atoms with Gasteiger partial charge in [-0.15, -0.1) is 0 Å². The van der Waals surface area contributed by atoms with Gasteiger partial charge in [0.25, 0.3) is 5.91 Å². The third-order valence-corrected chi connectivity index (χ3v) is 4.37. The van der Waals surface area contributed by atoms with E-state index in [9.17, 15) is 4.79 Å². The summed E-state index contributed by atoms with van der Waals surface area (Å²) in [6.07, 6.45) is 5.36. The van der Waals surface area contributed by atoms with Crippen LogP contribution in [-0.4, -0.2) is 39.9 Å². The number of para-hydroxylation sites is 1. The van der Waals surface area contributed by atoms with Gasteiger partial charge in [0, 0.05) is 23.9 Å². The maximum absolute atomic E-state index is 12.8. The lowest BCUT2D eigenvalue weighted by atomic mass is 10.1. The average molecular weight is 372 g/mol. The maximum atomic E-state index is 12.8. The van der Waals surface area contributed by atoms with Crippen LogP contribution >= 0.6 is 12.2 Å². The van der Waals surface area contributed by atoms with Gasteiger partial charge in [-0.1, -0.05) is 12.1 Å². The monoisotopic (exact) mass is 372 g/mol.